The molecule has 5 saturated carbocycles. The van der Waals surface area contributed by atoms with E-state index in [1.165, 1.54) is 61.4 Å². The van der Waals surface area contributed by atoms with Gasteiger partial charge in [-0.15, -0.1) is 0 Å². The SMILES string of the molecule is COc1cc(C(=O)N2CC34CC(CC23)C4)cc2nc(-c3cc4ccc(/C=C/C5CC5)cc4n3CC3CC3)n(C)c12. The third kappa shape index (κ3) is 3.34. The Morgan fingerprint density at radius 3 is 2.73 bits per heavy atom. The van der Waals surface area contributed by atoms with Gasteiger partial charge in [0, 0.05) is 48.1 Å². The van der Waals surface area contributed by atoms with Gasteiger partial charge in [-0.3, -0.25) is 4.79 Å². The second-order valence-corrected chi connectivity index (χ2v) is 13.5. The van der Waals surface area contributed by atoms with Crippen LogP contribution in [0.2, 0.25) is 0 Å². The number of aromatic nitrogens is 3. The lowest BCUT2D eigenvalue weighted by atomic mass is 9.63. The maximum absolute atomic E-state index is 13.7. The molecule has 2 aromatic heterocycles. The minimum Gasteiger partial charge on any atom is -0.494 e. The maximum Gasteiger partial charge on any atom is 0.254 e. The van der Waals surface area contributed by atoms with Crippen molar-refractivity contribution in [3.05, 3.63) is 53.6 Å². The highest BCUT2D eigenvalue weighted by molar-refractivity contribution is 6.01. The normalized spacial score (nSPS) is 26.9. The summed E-state index contributed by atoms with van der Waals surface area (Å²) in [4.78, 5) is 20.9. The van der Waals surface area contributed by atoms with Crippen LogP contribution in [0.4, 0.5) is 0 Å². The molecule has 5 aliphatic carbocycles. The summed E-state index contributed by atoms with van der Waals surface area (Å²) >= 11 is 0. The van der Waals surface area contributed by atoms with E-state index in [1.54, 1.807) is 7.11 Å². The van der Waals surface area contributed by atoms with Crippen molar-refractivity contribution in [3.63, 3.8) is 0 Å². The number of hydrogen-bond acceptors (Lipinski definition) is 3. The van der Waals surface area contributed by atoms with E-state index in [0.29, 0.717) is 22.8 Å². The van der Waals surface area contributed by atoms with Crippen molar-refractivity contribution in [2.24, 2.45) is 30.2 Å². The lowest BCUT2D eigenvalue weighted by molar-refractivity contribution is -0.0552. The summed E-state index contributed by atoms with van der Waals surface area (Å²) in [6.07, 6.45) is 13.7. The van der Waals surface area contributed by atoms with E-state index < -0.39 is 0 Å². The minimum absolute atomic E-state index is 0.130. The largest absolute Gasteiger partial charge is 0.494 e. The first-order chi connectivity index (χ1) is 19.5. The highest BCUT2D eigenvalue weighted by Gasteiger charge is 2.67. The molecule has 1 aliphatic heterocycles. The van der Waals surface area contributed by atoms with E-state index in [-0.39, 0.29) is 5.91 Å². The molecule has 6 nitrogen and oxygen atoms in total. The van der Waals surface area contributed by atoms with Gasteiger partial charge in [0.1, 0.15) is 11.3 Å². The quantitative estimate of drug-likeness (QED) is 0.267. The molecule has 2 bridgehead atoms. The van der Waals surface area contributed by atoms with Gasteiger partial charge in [0.25, 0.3) is 5.91 Å². The number of benzene rings is 2. The van der Waals surface area contributed by atoms with Crippen LogP contribution in [0.5, 0.6) is 5.75 Å². The van der Waals surface area contributed by atoms with Crippen molar-refractivity contribution < 1.29 is 9.53 Å². The molecule has 0 N–H and O–H groups in total. The van der Waals surface area contributed by atoms with Crippen LogP contribution >= 0.6 is 0 Å². The zero-order valence-electron chi connectivity index (χ0n) is 23.4. The average Bonchev–Trinajstić information content (AvgIpc) is 3.83. The van der Waals surface area contributed by atoms with Gasteiger partial charge in [-0.1, -0.05) is 24.3 Å². The fraction of sp³-hybridized carbons (Fsp3) is 0.471. The van der Waals surface area contributed by atoms with Gasteiger partial charge in [-0.05, 0) is 92.5 Å². The number of aryl methyl sites for hydroxylation is 1. The number of rotatable bonds is 7. The van der Waals surface area contributed by atoms with Gasteiger partial charge in [-0.25, -0.2) is 4.98 Å². The number of allylic oxidation sites excluding steroid dienone is 1. The van der Waals surface area contributed by atoms with E-state index in [9.17, 15) is 4.79 Å². The Hall–Kier alpha value is -3.54. The molecule has 6 aliphatic rings. The van der Waals surface area contributed by atoms with Crippen molar-refractivity contribution in [1.29, 1.82) is 0 Å². The van der Waals surface area contributed by atoms with Gasteiger partial charge in [-0.2, -0.15) is 0 Å². The monoisotopic (exact) mass is 532 g/mol. The number of carbonyl (C=O) groups is 1. The Balaban J connectivity index is 1.13. The molecule has 1 spiro atoms. The summed E-state index contributed by atoms with van der Waals surface area (Å²) in [5.41, 5.74) is 6.57. The van der Waals surface area contributed by atoms with Crippen LogP contribution in [0, 0.1) is 23.2 Å². The molecule has 6 fully saturated rings. The number of fused-ring (bicyclic) bond motifs is 2. The summed E-state index contributed by atoms with van der Waals surface area (Å²) < 4.78 is 10.5. The highest BCUT2D eigenvalue weighted by atomic mass is 16.5. The third-order valence-corrected chi connectivity index (χ3v) is 10.7. The number of hydrogen-bond donors (Lipinski definition) is 0. The predicted octanol–water partition coefficient (Wildman–Crippen LogP) is 6.66. The summed E-state index contributed by atoms with van der Waals surface area (Å²) in [5.74, 6) is 4.10. The molecule has 0 radical (unpaired) electrons. The number of methoxy groups -OCH3 is 1. The minimum atomic E-state index is 0.130. The van der Waals surface area contributed by atoms with E-state index in [2.05, 4.69) is 57.5 Å². The van der Waals surface area contributed by atoms with Gasteiger partial charge < -0.3 is 18.8 Å². The molecule has 1 amide bonds. The van der Waals surface area contributed by atoms with Crippen molar-refractivity contribution in [3.8, 4) is 17.3 Å². The maximum atomic E-state index is 13.7. The lowest BCUT2D eigenvalue weighted by Gasteiger charge is -2.56. The highest BCUT2D eigenvalue weighted by Crippen LogP contribution is 2.66. The van der Waals surface area contributed by atoms with Gasteiger partial charge in [0.15, 0.2) is 5.82 Å². The molecule has 2 aromatic carbocycles. The fourth-order valence-electron chi connectivity index (χ4n) is 8.17. The molecule has 1 atom stereocenters. The molecule has 10 rings (SSSR count). The summed E-state index contributed by atoms with van der Waals surface area (Å²) in [6, 6.07) is 13.5. The summed E-state index contributed by atoms with van der Waals surface area (Å²) in [6.45, 7) is 1.93. The third-order valence-electron chi connectivity index (χ3n) is 10.7. The van der Waals surface area contributed by atoms with E-state index >= 15 is 0 Å². The number of ether oxygens (including phenoxy) is 1. The number of carbonyl (C=O) groups excluding carboxylic acids is 1. The zero-order valence-corrected chi connectivity index (χ0v) is 23.4. The Morgan fingerprint density at radius 2 is 1.98 bits per heavy atom. The van der Waals surface area contributed by atoms with Crippen LogP contribution in [-0.2, 0) is 13.6 Å². The van der Waals surface area contributed by atoms with Crippen molar-refractivity contribution in [2.45, 2.75) is 57.5 Å². The summed E-state index contributed by atoms with van der Waals surface area (Å²) in [7, 11) is 3.77. The molecule has 4 aromatic rings. The van der Waals surface area contributed by atoms with Gasteiger partial charge in [0.05, 0.1) is 18.3 Å². The molecule has 204 valence electrons. The van der Waals surface area contributed by atoms with Crippen LogP contribution in [0.3, 0.4) is 0 Å². The molecular formula is C34H36N4O2. The molecule has 1 saturated heterocycles. The molecule has 3 heterocycles. The van der Waals surface area contributed by atoms with Crippen molar-refractivity contribution in [1.82, 2.24) is 19.0 Å². The Bertz CT molecular complexity index is 1740. The molecule has 6 heteroatoms. The smallest absolute Gasteiger partial charge is 0.254 e. The zero-order chi connectivity index (χ0) is 26.7. The first-order valence-electron chi connectivity index (χ1n) is 15.2. The first-order valence-corrected chi connectivity index (χ1v) is 15.2. The van der Waals surface area contributed by atoms with Crippen LogP contribution in [-0.4, -0.2) is 44.6 Å². The number of nitrogens with zero attached hydrogens (tertiary/aromatic N) is 4. The lowest BCUT2D eigenvalue weighted by Crippen LogP contribution is -2.64. The average molecular weight is 533 g/mol. The van der Waals surface area contributed by atoms with E-state index in [4.69, 9.17) is 9.72 Å². The summed E-state index contributed by atoms with van der Waals surface area (Å²) in [5, 5.41) is 1.25. The second kappa shape index (κ2) is 8.02. The van der Waals surface area contributed by atoms with Crippen LogP contribution in [0.1, 0.15) is 60.9 Å². The number of imidazole rings is 1. The van der Waals surface area contributed by atoms with Crippen molar-refractivity contribution in [2.75, 3.05) is 13.7 Å². The molecule has 40 heavy (non-hydrogen) atoms. The second-order valence-electron chi connectivity index (χ2n) is 13.5. The molecular weight excluding hydrogens is 496 g/mol. The van der Waals surface area contributed by atoms with Crippen LogP contribution in [0.15, 0.2) is 42.5 Å². The Labute approximate surface area is 234 Å². The van der Waals surface area contributed by atoms with Gasteiger partial charge in [0.2, 0.25) is 0 Å². The number of likely N-dealkylation sites (tertiary alicyclic amines) is 1. The predicted molar refractivity (Wildman–Crippen MR) is 157 cm³/mol. The van der Waals surface area contributed by atoms with Gasteiger partial charge >= 0.3 is 0 Å². The first kappa shape index (κ1) is 23.2. The molecule has 1 unspecified atom stereocenters. The van der Waals surface area contributed by atoms with Crippen LogP contribution in [0.25, 0.3) is 39.5 Å². The van der Waals surface area contributed by atoms with E-state index in [0.717, 1.165) is 53.4 Å². The Kier molecular flexibility index (Phi) is 4.65. The number of amides is 1. The van der Waals surface area contributed by atoms with E-state index in [1.807, 2.05) is 12.1 Å². The topological polar surface area (TPSA) is 52.3 Å². The fourth-order valence-corrected chi connectivity index (χ4v) is 8.17. The standard InChI is InChI=1S/C34H36N4O2/c1-36-31-26(13-25(15-29(31)40-2)33(39)38-19-34-16-23(17-34)12-30(34)38)35-32(36)28-14-24-10-9-21(6-5-20-3-4-20)11-27(24)37(28)18-22-7-8-22/h5-6,9-11,13-15,20,22-23,30H,3-4,7-8,12,16-19H2,1-2H3/b6-5+. The van der Waals surface area contributed by atoms with Crippen LogP contribution < -0.4 is 4.74 Å². The van der Waals surface area contributed by atoms with Crippen molar-refractivity contribution >= 4 is 33.9 Å². The Morgan fingerprint density at radius 1 is 1.12 bits per heavy atom.